The molecule has 0 radical (unpaired) electrons. The Kier molecular flexibility index (Phi) is 8.19. The standard InChI is InChI=1S/C56H37NO/c1-3-11-38(12-4-1)43-16-9-17-49(36-43)57(47-29-23-39(24-30-47)44-27-33-51-46(35-44)22-21-42-15-7-8-18-50(42)51)48-31-25-40(26-32-48)45-28-34-55-54(37-45)53-20-10-19-52(56(53)58-55)41-13-5-2-6-14-41/h1-37H. The lowest BCUT2D eigenvalue weighted by Crippen LogP contribution is -2.10. The molecule has 272 valence electrons. The van der Waals surface area contributed by atoms with Gasteiger partial charge in [0.25, 0.3) is 0 Å². The van der Waals surface area contributed by atoms with E-state index >= 15 is 0 Å². The maximum atomic E-state index is 6.48. The number of furan rings is 1. The maximum absolute atomic E-state index is 6.48. The van der Waals surface area contributed by atoms with Gasteiger partial charge in [-0.25, -0.2) is 0 Å². The van der Waals surface area contributed by atoms with Crippen molar-refractivity contribution >= 4 is 60.5 Å². The lowest BCUT2D eigenvalue weighted by atomic mass is 9.97. The SMILES string of the molecule is c1ccc(-c2cccc(N(c3ccc(-c4ccc5c(ccc6ccccc65)c4)cc3)c3ccc(-c4ccc5oc6c(-c7ccccc7)cccc6c5c4)cc3)c2)cc1. The molecule has 1 aromatic heterocycles. The summed E-state index contributed by atoms with van der Waals surface area (Å²) in [5.41, 5.74) is 14.4. The zero-order chi connectivity index (χ0) is 38.4. The van der Waals surface area contributed by atoms with Crippen LogP contribution in [0.15, 0.2) is 229 Å². The number of benzene rings is 10. The van der Waals surface area contributed by atoms with Crippen LogP contribution in [0.4, 0.5) is 17.1 Å². The van der Waals surface area contributed by atoms with Crippen molar-refractivity contribution in [3.63, 3.8) is 0 Å². The monoisotopic (exact) mass is 739 g/mol. The minimum atomic E-state index is 0.892. The van der Waals surface area contributed by atoms with Gasteiger partial charge in [0.05, 0.1) is 0 Å². The molecule has 0 saturated heterocycles. The first-order valence-corrected chi connectivity index (χ1v) is 19.8. The van der Waals surface area contributed by atoms with E-state index in [1.54, 1.807) is 0 Å². The Bertz CT molecular complexity index is 3250. The average molecular weight is 740 g/mol. The summed E-state index contributed by atoms with van der Waals surface area (Å²) in [6.45, 7) is 0. The van der Waals surface area contributed by atoms with Crippen LogP contribution in [0.25, 0.3) is 88.0 Å². The molecule has 11 aromatic rings. The van der Waals surface area contributed by atoms with Gasteiger partial charge in [-0.1, -0.05) is 170 Å². The highest BCUT2D eigenvalue weighted by Gasteiger charge is 2.16. The summed E-state index contributed by atoms with van der Waals surface area (Å²) in [6.07, 6.45) is 0. The summed E-state index contributed by atoms with van der Waals surface area (Å²) >= 11 is 0. The molecule has 10 aromatic carbocycles. The zero-order valence-corrected chi connectivity index (χ0v) is 31.7. The van der Waals surface area contributed by atoms with Crippen LogP contribution in [0.3, 0.4) is 0 Å². The summed E-state index contributed by atoms with van der Waals surface area (Å²) in [6, 6.07) is 80.6. The van der Waals surface area contributed by atoms with Crippen LogP contribution in [-0.4, -0.2) is 0 Å². The Morgan fingerprint density at radius 1 is 0.276 bits per heavy atom. The quantitative estimate of drug-likeness (QED) is 0.151. The second-order valence-electron chi connectivity index (χ2n) is 14.9. The Balaban J connectivity index is 0.964. The molecule has 2 heteroatoms. The van der Waals surface area contributed by atoms with Crippen LogP contribution in [0.1, 0.15) is 0 Å². The molecule has 0 unspecified atom stereocenters. The molecule has 11 rings (SSSR count). The van der Waals surface area contributed by atoms with Crippen molar-refractivity contribution in [2.45, 2.75) is 0 Å². The van der Waals surface area contributed by atoms with Crippen molar-refractivity contribution in [3.05, 3.63) is 224 Å². The van der Waals surface area contributed by atoms with Crippen LogP contribution in [0.2, 0.25) is 0 Å². The van der Waals surface area contributed by atoms with Gasteiger partial charge in [-0.15, -0.1) is 0 Å². The molecule has 0 fully saturated rings. The number of hydrogen-bond donors (Lipinski definition) is 0. The normalized spacial score (nSPS) is 11.4. The molecule has 0 aliphatic rings. The molecule has 0 bridgehead atoms. The van der Waals surface area contributed by atoms with E-state index < -0.39 is 0 Å². The Morgan fingerprint density at radius 2 is 0.810 bits per heavy atom. The Hall–Kier alpha value is -7.68. The minimum Gasteiger partial charge on any atom is -0.455 e. The van der Waals surface area contributed by atoms with Crippen LogP contribution < -0.4 is 4.90 Å². The number of anilines is 3. The van der Waals surface area contributed by atoms with E-state index in [9.17, 15) is 0 Å². The van der Waals surface area contributed by atoms with Gasteiger partial charge >= 0.3 is 0 Å². The second kappa shape index (κ2) is 14.1. The molecule has 0 spiro atoms. The first-order chi connectivity index (χ1) is 28.7. The summed E-state index contributed by atoms with van der Waals surface area (Å²) < 4.78 is 6.48. The number of fused-ring (bicyclic) bond motifs is 6. The highest BCUT2D eigenvalue weighted by molar-refractivity contribution is 6.11. The Morgan fingerprint density at radius 3 is 1.57 bits per heavy atom. The van der Waals surface area contributed by atoms with Crippen LogP contribution >= 0.6 is 0 Å². The van der Waals surface area contributed by atoms with E-state index in [1.807, 2.05) is 6.07 Å². The van der Waals surface area contributed by atoms with Gasteiger partial charge < -0.3 is 9.32 Å². The van der Waals surface area contributed by atoms with Gasteiger partial charge in [0, 0.05) is 33.4 Å². The van der Waals surface area contributed by atoms with Crippen molar-refractivity contribution in [2.24, 2.45) is 0 Å². The summed E-state index contributed by atoms with van der Waals surface area (Å²) in [5.74, 6) is 0. The van der Waals surface area contributed by atoms with Gasteiger partial charge in [-0.3, -0.25) is 0 Å². The first-order valence-electron chi connectivity index (χ1n) is 19.8. The van der Waals surface area contributed by atoms with E-state index in [1.165, 1.54) is 43.8 Å². The van der Waals surface area contributed by atoms with Crippen LogP contribution in [0.5, 0.6) is 0 Å². The lowest BCUT2D eigenvalue weighted by Gasteiger charge is -2.26. The fourth-order valence-corrected chi connectivity index (χ4v) is 8.52. The van der Waals surface area contributed by atoms with Crippen molar-refractivity contribution in [1.82, 2.24) is 0 Å². The lowest BCUT2D eigenvalue weighted by molar-refractivity contribution is 0.670. The van der Waals surface area contributed by atoms with Crippen LogP contribution in [-0.2, 0) is 0 Å². The van der Waals surface area contributed by atoms with Gasteiger partial charge in [0.1, 0.15) is 11.2 Å². The zero-order valence-electron chi connectivity index (χ0n) is 31.7. The molecular formula is C56H37NO. The smallest absolute Gasteiger partial charge is 0.143 e. The van der Waals surface area contributed by atoms with Crippen molar-refractivity contribution in [3.8, 4) is 44.5 Å². The molecule has 0 aliphatic heterocycles. The summed E-state index contributed by atoms with van der Waals surface area (Å²) in [5, 5.41) is 7.32. The van der Waals surface area contributed by atoms with E-state index in [0.29, 0.717) is 0 Å². The van der Waals surface area contributed by atoms with Gasteiger partial charge in [0.2, 0.25) is 0 Å². The molecule has 2 nitrogen and oxygen atoms in total. The third kappa shape index (κ3) is 6.00. The number of nitrogens with zero attached hydrogens (tertiary/aromatic N) is 1. The first kappa shape index (κ1) is 33.6. The topological polar surface area (TPSA) is 16.4 Å². The highest BCUT2D eigenvalue weighted by atomic mass is 16.3. The van der Waals surface area contributed by atoms with Crippen molar-refractivity contribution in [1.29, 1.82) is 0 Å². The van der Waals surface area contributed by atoms with Gasteiger partial charge in [0.15, 0.2) is 0 Å². The summed E-state index contributed by atoms with van der Waals surface area (Å²) in [7, 11) is 0. The fraction of sp³-hybridized carbons (Fsp3) is 0. The van der Waals surface area contributed by atoms with E-state index in [4.69, 9.17) is 4.42 Å². The van der Waals surface area contributed by atoms with E-state index in [-0.39, 0.29) is 0 Å². The number of para-hydroxylation sites is 1. The average Bonchev–Trinajstić information content (AvgIpc) is 3.68. The van der Waals surface area contributed by atoms with E-state index in [0.717, 1.165) is 61.3 Å². The molecule has 0 N–H and O–H groups in total. The van der Waals surface area contributed by atoms with Crippen LogP contribution in [0, 0.1) is 0 Å². The summed E-state index contributed by atoms with van der Waals surface area (Å²) in [4.78, 5) is 2.35. The molecule has 1 heterocycles. The molecule has 0 amide bonds. The van der Waals surface area contributed by atoms with E-state index in [2.05, 4.69) is 223 Å². The fourth-order valence-electron chi connectivity index (χ4n) is 8.52. The molecular weight excluding hydrogens is 703 g/mol. The third-order valence-electron chi connectivity index (χ3n) is 11.5. The van der Waals surface area contributed by atoms with Crippen molar-refractivity contribution < 1.29 is 4.42 Å². The largest absolute Gasteiger partial charge is 0.455 e. The molecule has 0 saturated carbocycles. The molecule has 58 heavy (non-hydrogen) atoms. The predicted octanol–water partition coefficient (Wildman–Crippen LogP) is 16.0. The number of rotatable bonds is 7. The molecule has 0 aliphatic carbocycles. The Labute approximate surface area is 337 Å². The third-order valence-corrected chi connectivity index (χ3v) is 11.5. The number of hydrogen-bond acceptors (Lipinski definition) is 2. The predicted molar refractivity (Wildman–Crippen MR) is 245 cm³/mol. The highest BCUT2D eigenvalue weighted by Crippen LogP contribution is 2.41. The van der Waals surface area contributed by atoms with Gasteiger partial charge in [-0.05, 0) is 115 Å². The van der Waals surface area contributed by atoms with Gasteiger partial charge in [-0.2, -0.15) is 0 Å². The molecule has 0 atom stereocenters. The maximum Gasteiger partial charge on any atom is 0.143 e. The van der Waals surface area contributed by atoms with Crippen molar-refractivity contribution in [2.75, 3.05) is 4.90 Å². The second-order valence-corrected chi connectivity index (χ2v) is 14.9. The minimum absolute atomic E-state index is 0.892.